The van der Waals surface area contributed by atoms with Crippen molar-refractivity contribution >= 4 is 23.7 Å². The van der Waals surface area contributed by atoms with Gasteiger partial charge in [-0.2, -0.15) is 5.11 Å². The largest absolute Gasteiger partial charge is 0.302 e. The van der Waals surface area contributed by atoms with E-state index in [0.29, 0.717) is 12.4 Å². The van der Waals surface area contributed by atoms with Gasteiger partial charge in [0.1, 0.15) is 5.82 Å². The maximum atomic E-state index is 12.7. The zero-order valence-corrected chi connectivity index (χ0v) is 20.9. The van der Waals surface area contributed by atoms with Crippen LogP contribution < -0.4 is 4.90 Å². The Balaban J connectivity index is 0. The first kappa shape index (κ1) is 29.7. The minimum absolute atomic E-state index is 0.0108. The topological polar surface area (TPSA) is 61.2 Å². The van der Waals surface area contributed by atoms with E-state index >= 15 is 0 Å². The van der Waals surface area contributed by atoms with E-state index in [1.807, 2.05) is 60.6 Å². The molecule has 1 rings (SSSR count). The Hall–Kier alpha value is -1.47. The molecule has 0 atom stereocenters. The van der Waals surface area contributed by atoms with Crippen molar-refractivity contribution in [3.05, 3.63) is 23.9 Å². The molecule has 7 heteroatoms. The number of hydrogen-bond acceptors (Lipinski definition) is 6. The molecule has 0 spiro atoms. The molecule has 0 aliphatic rings. The third kappa shape index (κ3) is 14.2. The molecule has 0 radical (unpaired) electrons. The molecule has 168 valence electrons. The van der Waals surface area contributed by atoms with E-state index in [1.54, 1.807) is 11.1 Å². The summed E-state index contributed by atoms with van der Waals surface area (Å²) < 4.78 is 4.01. The summed E-state index contributed by atoms with van der Waals surface area (Å²) in [6.07, 6.45) is 2.90. The zero-order valence-electron chi connectivity index (χ0n) is 20.1. The second-order valence-electron chi connectivity index (χ2n) is 6.24. The maximum absolute atomic E-state index is 12.7. The van der Waals surface area contributed by atoms with Crippen LogP contribution in [0.15, 0.2) is 28.0 Å². The number of amides is 1. The SMILES string of the molecule is CC.CC.CCCN(CC)CCN(C(=O)CSN=NC(C)C)c1ccc(C)cn1. The lowest BCUT2D eigenvalue weighted by Crippen LogP contribution is -2.40. The van der Waals surface area contributed by atoms with Crippen molar-refractivity contribution in [1.82, 2.24) is 9.88 Å². The van der Waals surface area contributed by atoms with Crippen LogP contribution in [0.2, 0.25) is 0 Å². The van der Waals surface area contributed by atoms with E-state index in [9.17, 15) is 4.79 Å². The number of carbonyl (C=O) groups excluding carboxylic acids is 1. The van der Waals surface area contributed by atoms with Crippen LogP contribution in [0.3, 0.4) is 0 Å². The van der Waals surface area contributed by atoms with E-state index in [0.717, 1.165) is 31.6 Å². The van der Waals surface area contributed by atoms with E-state index in [-0.39, 0.29) is 17.7 Å². The molecule has 0 aliphatic carbocycles. The molecule has 1 amide bonds. The van der Waals surface area contributed by atoms with Crippen molar-refractivity contribution in [2.45, 2.75) is 74.8 Å². The minimum atomic E-state index is 0.0108. The Kier molecular flexibility index (Phi) is 20.3. The van der Waals surface area contributed by atoms with Gasteiger partial charge in [0.25, 0.3) is 0 Å². The smallest absolute Gasteiger partial charge is 0.240 e. The molecule has 0 unspecified atom stereocenters. The number of nitrogens with zero attached hydrogens (tertiary/aromatic N) is 5. The van der Waals surface area contributed by atoms with Crippen molar-refractivity contribution in [3.63, 3.8) is 0 Å². The molecule has 1 heterocycles. The van der Waals surface area contributed by atoms with Gasteiger partial charge >= 0.3 is 0 Å². The van der Waals surface area contributed by atoms with Crippen LogP contribution in [-0.2, 0) is 4.79 Å². The predicted octanol–water partition coefficient (Wildman–Crippen LogP) is 6.02. The van der Waals surface area contributed by atoms with Gasteiger partial charge in [-0.1, -0.05) is 47.6 Å². The highest BCUT2D eigenvalue weighted by atomic mass is 32.2. The Bertz CT molecular complexity index is 535. The maximum Gasteiger partial charge on any atom is 0.240 e. The predicted molar refractivity (Wildman–Crippen MR) is 129 cm³/mol. The summed E-state index contributed by atoms with van der Waals surface area (Å²) in [5.41, 5.74) is 1.08. The number of likely N-dealkylation sites (N-methyl/N-ethyl adjacent to an activating group) is 1. The lowest BCUT2D eigenvalue weighted by Gasteiger charge is -2.26. The van der Waals surface area contributed by atoms with Crippen molar-refractivity contribution in [1.29, 1.82) is 0 Å². The Morgan fingerprint density at radius 3 is 2.24 bits per heavy atom. The monoisotopic (exact) mass is 425 g/mol. The molecule has 0 N–H and O–H groups in total. The first-order chi connectivity index (χ1) is 14.0. The van der Waals surface area contributed by atoms with Crippen LogP contribution in [0, 0.1) is 6.92 Å². The van der Waals surface area contributed by atoms with Crippen LogP contribution in [0.1, 0.15) is 67.4 Å². The van der Waals surface area contributed by atoms with Gasteiger partial charge < -0.3 is 4.90 Å². The molecule has 0 saturated heterocycles. The number of pyridine rings is 1. The molecule has 1 aromatic rings. The first-order valence-electron chi connectivity index (χ1n) is 10.9. The molecule has 0 saturated carbocycles. The average molecular weight is 426 g/mol. The van der Waals surface area contributed by atoms with Gasteiger partial charge in [-0.15, -0.1) is 4.52 Å². The third-order valence-corrected chi connectivity index (χ3v) is 4.21. The molecular formula is C22H43N5OS. The number of aromatic nitrogens is 1. The summed E-state index contributed by atoms with van der Waals surface area (Å²) in [6.45, 7) is 21.7. The third-order valence-electron chi connectivity index (χ3n) is 3.62. The molecule has 0 aromatic carbocycles. The number of hydrogen-bond donors (Lipinski definition) is 0. The Morgan fingerprint density at radius 2 is 1.76 bits per heavy atom. The summed E-state index contributed by atoms with van der Waals surface area (Å²) >= 11 is 1.19. The first-order valence-corrected chi connectivity index (χ1v) is 11.9. The lowest BCUT2D eigenvalue weighted by atomic mass is 10.3. The van der Waals surface area contributed by atoms with Gasteiger partial charge in [0, 0.05) is 31.2 Å². The highest BCUT2D eigenvalue weighted by Crippen LogP contribution is 2.15. The second kappa shape index (κ2) is 19.8. The van der Waals surface area contributed by atoms with Crippen molar-refractivity contribution in [2.75, 3.05) is 36.8 Å². The van der Waals surface area contributed by atoms with Gasteiger partial charge in [-0.3, -0.25) is 9.69 Å². The Labute approximate surface area is 183 Å². The van der Waals surface area contributed by atoms with Crippen molar-refractivity contribution in [2.24, 2.45) is 9.63 Å². The fraction of sp³-hybridized carbons (Fsp3) is 0.727. The van der Waals surface area contributed by atoms with E-state index in [1.165, 1.54) is 11.9 Å². The fourth-order valence-electron chi connectivity index (χ4n) is 2.26. The summed E-state index contributed by atoms with van der Waals surface area (Å²) in [5.74, 6) is 0.979. The molecule has 6 nitrogen and oxygen atoms in total. The standard InChI is InChI=1S/C18H31N5OS.2C2H6/c1-6-10-22(7-2)11-12-23(17-9-8-16(5)13-19-17)18(24)14-25-21-20-15(3)4;2*1-2/h8-9,13,15H,6-7,10-12,14H2,1-5H3;2*1-2H3. The van der Waals surface area contributed by atoms with Gasteiger partial charge in [0.15, 0.2) is 0 Å². The summed E-state index contributed by atoms with van der Waals surface area (Å²) in [6, 6.07) is 4.03. The highest BCUT2D eigenvalue weighted by Gasteiger charge is 2.18. The molecule has 0 aliphatic heterocycles. The normalized spacial score (nSPS) is 10.4. The highest BCUT2D eigenvalue weighted by molar-refractivity contribution is 7.98. The van der Waals surface area contributed by atoms with Crippen molar-refractivity contribution < 1.29 is 4.79 Å². The Morgan fingerprint density at radius 1 is 1.10 bits per heavy atom. The summed E-state index contributed by atoms with van der Waals surface area (Å²) in [4.78, 5) is 21.2. The molecule has 1 aromatic heterocycles. The van der Waals surface area contributed by atoms with Crippen LogP contribution in [-0.4, -0.2) is 53.8 Å². The number of anilines is 1. The van der Waals surface area contributed by atoms with E-state index in [2.05, 4.69) is 33.4 Å². The van der Waals surface area contributed by atoms with Gasteiger partial charge in [0.05, 0.1) is 11.8 Å². The van der Waals surface area contributed by atoms with Crippen LogP contribution >= 0.6 is 11.9 Å². The number of carbonyl (C=O) groups is 1. The molecule has 0 fully saturated rings. The van der Waals surface area contributed by atoms with E-state index < -0.39 is 0 Å². The minimum Gasteiger partial charge on any atom is -0.302 e. The lowest BCUT2D eigenvalue weighted by molar-refractivity contribution is -0.116. The van der Waals surface area contributed by atoms with Gasteiger partial charge in [0.2, 0.25) is 5.91 Å². The summed E-state index contributed by atoms with van der Waals surface area (Å²) in [7, 11) is 0. The fourth-order valence-corrected chi connectivity index (χ4v) is 2.84. The molecular weight excluding hydrogens is 382 g/mol. The van der Waals surface area contributed by atoms with Crippen LogP contribution in [0.25, 0.3) is 0 Å². The zero-order chi connectivity index (χ0) is 22.7. The van der Waals surface area contributed by atoms with Gasteiger partial charge in [-0.05, 0) is 51.9 Å². The number of aryl methyl sites for hydroxylation is 1. The van der Waals surface area contributed by atoms with Crippen LogP contribution in [0.4, 0.5) is 5.82 Å². The van der Waals surface area contributed by atoms with Crippen LogP contribution in [0.5, 0.6) is 0 Å². The molecule has 29 heavy (non-hydrogen) atoms. The average Bonchev–Trinajstić information content (AvgIpc) is 2.74. The molecule has 0 bridgehead atoms. The summed E-state index contributed by atoms with van der Waals surface area (Å²) in [5, 5.41) is 4.05. The second-order valence-corrected chi connectivity index (χ2v) is 6.95. The van der Waals surface area contributed by atoms with Gasteiger partial charge in [-0.25, -0.2) is 4.98 Å². The quantitative estimate of drug-likeness (QED) is 0.321. The van der Waals surface area contributed by atoms with Crippen molar-refractivity contribution in [3.8, 4) is 0 Å². The van der Waals surface area contributed by atoms with E-state index in [4.69, 9.17) is 0 Å². The number of rotatable bonds is 11.